The number of aromatic nitrogens is 2. The maximum absolute atomic E-state index is 13.6. The van der Waals surface area contributed by atoms with Crippen LogP contribution in [0.5, 0.6) is 0 Å². The summed E-state index contributed by atoms with van der Waals surface area (Å²) >= 11 is 0. The van der Waals surface area contributed by atoms with E-state index in [0.717, 1.165) is 38.4 Å². The molecule has 1 unspecified atom stereocenters. The van der Waals surface area contributed by atoms with Crippen LogP contribution in [0.4, 0.5) is 14.7 Å². The highest BCUT2D eigenvalue weighted by molar-refractivity contribution is 5.79. The van der Waals surface area contributed by atoms with E-state index in [1.165, 1.54) is 6.07 Å². The molecule has 2 aromatic rings. The number of aryl methyl sites for hydroxylation is 1. The number of nitrogens with zero attached hydrogens (tertiary/aromatic N) is 2. The van der Waals surface area contributed by atoms with Crippen LogP contribution in [0.3, 0.4) is 0 Å². The lowest BCUT2D eigenvalue weighted by molar-refractivity contribution is 0.00906. The number of anilines is 1. The second-order valence-electron chi connectivity index (χ2n) is 5.15. The molecule has 0 bridgehead atoms. The van der Waals surface area contributed by atoms with Gasteiger partial charge < -0.3 is 15.0 Å². The lowest BCUT2D eigenvalue weighted by atomic mass is 10.1. The molecule has 6 heteroatoms. The fraction of sp³-hybridized carbons (Fsp3) is 0.500. The molecular weight excluding hydrogens is 264 g/mol. The van der Waals surface area contributed by atoms with Gasteiger partial charge >= 0.3 is 0 Å². The Hall–Kier alpha value is -1.69. The molecule has 1 fully saturated rings. The summed E-state index contributed by atoms with van der Waals surface area (Å²) in [5, 5.41) is 0. The topological polar surface area (TPSA) is 53.1 Å². The number of ether oxygens (including phenoxy) is 1. The number of fused-ring (bicyclic) bond motifs is 1. The number of imidazole rings is 1. The fourth-order valence-corrected chi connectivity index (χ4v) is 2.71. The predicted octanol–water partition coefficient (Wildman–Crippen LogP) is 2.86. The monoisotopic (exact) mass is 281 g/mol. The van der Waals surface area contributed by atoms with E-state index in [-0.39, 0.29) is 17.6 Å². The van der Waals surface area contributed by atoms with Crippen LogP contribution in [-0.2, 0) is 11.3 Å². The summed E-state index contributed by atoms with van der Waals surface area (Å²) in [7, 11) is 0. The lowest BCUT2D eigenvalue weighted by Crippen LogP contribution is -2.21. The first-order chi connectivity index (χ1) is 9.65. The number of hydrogen-bond donors (Lipinski definition) is 1. The van der Waals surface area contributed by atoms with Crippen LogP contribution in [0.15, 0.2) is 12.1 Å². The zero-order chi connectivity index (χ0) is 14.1. The van der Waals surface area contributed by atoms with E-state index in [1.807, 2.05) is 0 Å². The van der Waals surface area contributed by atoms with Crippen molar-refractivity contribution in [1.29, 1.82) is 0 Å². The van der Waals surface area contributed by atoms with E-state index in [0.29, 0.717) is 12.1 Å². The van der Waals surface area contributed by atoms with Crippen molar-refractivity contribution in [2.45, 2.75) is 38.3 Å². The van der Waals surface area contributed by atoms with Gasteiger partial charge in [-0.3, -0.25) is 0 Å². The number of rotatable bonds is 3. The molecule has 2 N–H and O–H groups in total. The molecule has 20 heavy (non-hydrogen) atoms. The fourth-order valence-electron chi connectivity index (χ4n) is 2.71. The summed E-state index contributed by atoms with van der Waals surface area (Å²) in [6.07, 6.45) is 4.25. The van der Waals surface area contributed by atoms with Gasteiger partial charge in [-0.05, 0) is 25.7 Å². The maximum atomic E-state index is 13.6. The number of nitrogens with two attached hydrogens (primary N) is 1. The average Bonchev–Trinajstić information content (AvgIpc) is 2.74. The van der Waals surface area contributed by atoms with Gasteiger partial charge in [0.05, 0.1) is 11.6 Å². The SMILES string of the molecule is Nc1nc2c(F)cc(F)cc2n1CCC1CCCCO1. The van der Waals surface area contributed by atoms with Gasteiger partial charge in [-0.15, -0.1) is 0 Å². The minimum absolute atomic E-state index is 0.119. The number of benzene rings is 1. The second-order valence-corrected chi connectivity index (χ2v) is 5.15. The summed E-state index contributed by atoms with van der Waals surface area (Å²) in [5.74, 6) is -1.09. The molecule has 1 aliphatic rings. The molecule has 4 nitrogen and oxygen atoms in total. The number of nitrogen functional groups attached to an aromatic ring is 1. The first kappa shape index (κ1) is 13.3. The normalized spacial score (nSPS) is 19.6. The van der Waals surface area contributed by atoms with Gasteiger partial charge in [0.25, 0.3) is 0 Å². The van der Waals surface area contributed by atoms with Crippen LogP contribution >= 0.6 is 0 Å². The van der Waals surface area contributed by atoms with E-state index in [4.69, 9.17) is 10.5 Å². The Morgan fingerprint density at radius 2 is 2.20 bits per heavy atom. The molecule has 0 amide bonds. The Kier molecular flexibility index (Phi) is 3.56. The van der Waals surface area contributed by atoms with E-state index in [2.05, 4.69) is 4.98 Å². The Morgan fingerprint density at radius 1 is 1.35 bits per heavy atom. The van der Waals surface area contributed by atoms with Gasteiger partial charge in [0, 0.05) is 25.3 Å². The van der Waals surface area contributed by atoms with Gasteiger partial charge in [-0.2, -0.15) is 0 Å². The van der Waals surface area contributed by atoms with Crippen molar-refractivity contribution in [2.24, 2.45) is 0 Å². The standard InChI is InChI=1S/C14H17F2N3O/c15-9-7-11(16)13-12(8-9)19(14(17)18-13)5-4-10-3-1-2-6-20-10/h7-8,10H,1-6H2,(H2,17,18). The second kappa shape index (κ2) is 5.36. The smallest absolute Gasteiger partial charge is 0.201 e. The largest absolute Gasteiger partial charge is 0.378 e. The van der Waals surface area contributed by atoms with Crippen LogP contribution in [0.25, 0.3) is 11.0 Å². The van der Waals surface area contributed by atoms with Crippen LogP contribution in [-0.4, -0.2) is 22.3 Å². The third-order valence-electron chi connectivity index (χ3n) is 3.75. The molecule has 0 aliphatic carbocycles. The van der Waals surface area contributed by atoms with Crippen molar-refractivity contribution in [3.05, 3.63) is 23.8 Å². The third-order valence-corrected chi connectivity index (χ3v) is 3.75. The molecule has 1 aromatic carbocycles. The van der Waals surface area contributed by atoms with Crippen LogP contribution in [0.1, 0.15) is 25.7 Å². The Morgan fingerprint density at radius 3 is 2.95 bits per heavy atom. The quantitative estimate of drug-likeness (QED) is 0.941. The van der Waals surface area contributed by atoms with Crippen molar-refractivity contribution in [3.63, 3.8) is 0 Å². The van der Waals surface area contributed by atoms with Crippen molar-refractivity contribution in [3.8, 4) is 0 Å². The first-order valence-electron chi connectivity index (χ1n) is 6.87. The lowest BCUT2D eigenvalue weighted by Gasteiger charge is -2.22. The summed E-state index contributed by atoms with van der Waals surface area (Å²) in [6.45, 7) is 1.34. The van der Waals surface area contributed by atoms with Gasteiger partial charge in [0.15, 0.2) is 5.82 Å². The van der Waals surface area contributed by atoms with E-state index in [9.17, 15) is 8.78 Å². The first-order valence-corrected chi connectivity index (χ1v) is 6.87. The molecule has 0 saturated carbocycles. The molecule has 108 valence electrons. The van der Waals surface area contributed by atoms with E-state index >= 15 is 0 Å². The molecular formula is C14H17F2N3O. The zero-order valence-electron chi connectivity index (χ0n) is 11.1. The van der Waals surface area contributed by atoms with E-state index < -0.39 is 11.6 Å². The summed E-state index contributed by atoms with van der Waals surface area (Å²) in [5.41, 5.74) is 6.33. The van der Waals surface area contributed by atoms with Crippen LogP contribution < -0.4 is 5.73 Å². The van der Waals surface area contributed by atoms with Crippen molar-refractivity contribution in [1.82, 2.24) is 9.55 Å². The molecule has 1 saturated heterocycles. The highest BCUT2D eigenvalue weighted by Crippen LogP contribution is 2.24. The van der Waals surface area contributed by atoms with Crippen LogP contribution in [0.2, 0.25) is 0 Å². The van der Waals surface area contributed by atoms with Crippen molar-refractivity contribution in [2.75, 3.05) is 12.3 Å². The molecule has 1 atom stereocenters. The van der Waals surface area contributed by atoms with Crippen molar-refractivity contribution >= 4 is 17.0 Å². The predicted molar refractivity (Wildman–Crippen MR) is 72.3 cm³/mol. The zero-order valence-corrected chi connectivity index (χ0v) is 11.1. The van der Waals surface area contributed by atoms with Crippen LogP contribution in [0, 0.1) is 11.6 Å². The van der Waals surface area contributed by atoms with Gasteiger partial charge in [0.2, 0.25) is 5.95 Å². The molecule has 0 radical (unpaired) electrons. The number of halogens is 2. The maximum Gasteiger partial charge on any atom is 0.201 e. The Bertz CT molecular complexity index is 620. The molecule has 1 aliphatic heterocycles. The van der Waals surface area contributed by atoms with E-state index in [1.54, 1.807) is 4.57 Å². The Labute approximate surface area is 115 Å². The van der Waals surface area contributed by atoms with Gasteiger partial charge in [-0.1, -0.05) is 0 Å². The highest BCUT2D eigenvalue weighted by atomic mass is 19.1. The molecule has 1 aromatic heterocycles. The average molecular weight is 281 g/mol. The Balaban J connectivity index is 1.85. The summed E-state index contributed by atoms with van der Waals surface area (Å²) in [6, 6.07) is 2.09. The molecule has 2 heterocycles. The molecule has 0 spiro atoms. The summed E-state index contributed by atoms with van der Waals surface area (Å²) in [4.78, 5) is 3.98. The number of hydrogen-bond acceptors (Lipinski definition) is 3. The van der Waals surface area contributed by atoms with Gasteiger partial charge in [0.1, 0.15) is 11.3 Å². The summed E-state index contributed by atoms with van der Waals surface area (Å²) < 4.78 is 34.3. The molecule has 3 rings (SSSR count). The minimum atomic E-state index is -0.681. The van der Waals surface area contributed by atoms with Gasteiger partial charge in [-0.25, -0.2) is 13.8 Å². The minimum Gasteiger partial charge on any atom is -0.378 e. The third kappa shape index (κ3) is 2.47. The highest BCUT2D eigenvalue weighted by Gasteiger charge is 2.17. The van der Waals surface area contributed by atoms with Crippen molar-refractivity contribution < 1.29 is 13.5 Å².